The van der Waals surface area contributed by atoms with E-state index >= 15 is 0 Å². The molecule has 0 spiro atoms. The second-order valence-electron chi connectivity index (χ2n) is 4.28. The molecule has 102 valence electrons. The molecule has 1 aromatic rings. The van der Waals surface area contributed by atoms with Gasteiger partial charge in [-0.3, -0.25) is 10.0 Å². The molecule has 2 N–H and O–H groups in total. The average molecular weight is 282 g/mol. The molecule has 19 heavy (non-hydrogen) atoms. The minimum Gasteiger partial charge on any atom is -0.288 e. The number of hydrogen-bond donors (Lipinski definition) is 2. The molecule has 0 unspecified atom stereocenters. The predicted octanol–water partition coefficient (Wildman–Crippen LogP) is 0.431. The van der Waals surface area contributed by atoms with Crippen molar-refractivity contribution in [1.82, 2.24) is 9.79 Å². The van der Waals surface area contributed by atoms with Crippen LogP contribution in [0, 0.1) is 6.92 Å². The second-order valence-corrected chi connectivity index (χ2v) is 6.22. The minimum atomic E-state index is -3.61. The zero-order chi connectivity index (χ0) is 14.0. The van der Waals surface area contributed by atoms with Crippen LogP contribution in [0.4, 0.5) is 0 Å². The number of aryl methyl sites for hydroxylation is 1. The van der Waals surface area contributed by atoms with Crippen molar-refractivity contribution in [2.75, 3.05) is 13.1 Å². The molecule has 0 atom stereocenters. The predicted molar refractivity (Wildman–Crippen MR) is 68.0 cm³/mol. The highest BCUT2D eigenvalue weighted by atomic mass is 32.2. The van der Waals surface area contributed by atoms with Crippen LogP contribution in [0.25, 0.3) is 0 Å². The molecule has 0 fully saturated rings. The SMILES string of the molecule is Cc1ccc(S(=O)(=O)N2CC=C(C(=O)NO)C2)cc1. The molecule has 0 aliphatic carbocycles. The Labute approximate surface area is 111 Å². The third-order valence-corrected chi connectivity index (χ3v) is 4.77. The van der Waals surface area contributed by atoms with Crippen molar-refractivity contribution in [1.29, 1.82) is 0 Å². The molecular formula is C12H14N2O4S. The van der Waals surface area contributed by atoms with Gasteiger partial charge in [-0.2, -0.15) is 4.31 Å². The molecule has 1 heterocycles. The highest BCUT2D eigenvalue weighted by molar-refractivity contribution is 7.89. The van der Waals surface area contributed by atoms with E-state index in [9.17, 15) is 13.2 Å². The van der Waals surface area contributed by atoms with Crippen LogP contribution in [0.5, 0.6) is 0 Å². The molecule has 0 bridgehead atoms. The normalized spacial score (nSPS) is 16.2. The number of nitrogens with one attached hydrogen (secondary N) is 1. The van der Waals surface area contributed by atoms with Crippen LogP contribution in [0.1, 0.15) is 5.56 Å². The number of amides is 1. The number of benzene rings is 1. The van der Waals surface area contributed by atoms with E-state index in [0.717, 1.165) is 5.56 Å². The number of nitrogens with zero attached hydrogens (tertiary/aromatic N) is 1. The van der Waals surface area contributed by atoms with E-state index < -0.39 is 15.9 Å². The molecule has 6 nitrogen and oxygen atoms in total. The van der Waals surface area contributed by atoms with Gasteiger partial charge in [-0.15, -0.1) is 0 Å². The number of sulfonamides is 1. The summed E-state index contributed by atoms with van der Waals surface area (Å²) in [6.07, 6.45) is 1.48. The zero-order valence-corrected chi connectivity index (χ0v) is 11.1. The van der Waals surface area contributed by atoms with Crippen LogP contribution < -0.4 is 5.48 Å². The van der Waals surface area contributed by atoms with E-state index in [4.69, 9.17) is 5.21 Å². The highest BCUT2D eigenvalue weighted by Gasteiger charge is 2.30. The summed E-state index contributed by atoms with van der Waals surface area (Å²) in [6.45, 7) is 1.96. The maximum atomic E-state index is 12.3. The Balaban J connectivity index is 2.20. The summed E-state index contributed by atoms with van der Waals surface area (Å²) in [5.41, 5.74) is 2.70. The molecule has 2 rings (SSSR count). The van der Waals surface area contributed by atoms with Crippen molar-refractivity contribution in [2.24, 2.45) is 0 Å². The van der Waals surface area contributed by atoms with Crippen LogP contribution in [0.3, 0.4) is 0 Å². The number of carbonyl (C=O) groups is 1. The molecule has 0 saturated heterocycles. The lowest BCUT2D eigenvalue weighted by Gasteiger charge is -2.16. The van der Waals surface area contributed by atoms with Crippen LogP contribution in [-0.4, -0.2) is 36.9 Å². The Morgan fingerprint density at radius 3 is 2.53 bits per heavy atom. The van der Waals surface area contributed by atoms with Gasteiger partial charge in [0.05, 0.1) is 4.90 Å². The summed E-state index contributed by atoms with van der Waals surface area (Å²) in [5, 5.41) is 8.52. The Hall–Kier alpha value is -1.70. The van der Waals surface area contributed by atoms with E-state index in [1.807, 2.05) is 6.92 Å². The summed E-state index contributed by atoms with van der Waals surface area (Å²) in [5.74, 6) is -0.679. The van der Waals surface area contributed by atoms with Gasteiger partial charge in [0.25, 0.3) is 5.91 Å². The molecule has 1 amide bonds. The zero-order valence-electron chi connectivity index (χ0n) is 10.3. The monoisotopic (exact) mass is 282 g/mol. The van der Waals surface area contributed by atoms with Gasteiger partial charge in [0.15, 0.2) is 0 Å². The lowest BCUT2D eigenvalue weighted by Crippen LogP contribution is -2.31. The quantitative estimate of drug-likeness (QED) is 0.622. The third-order valence-electron chi connectivity index (χ3n) is 2.94. The van der Waals surface area contributed by atoms with Crippen molar-refractivity contribution in [2.45, 2.75) is 11.8 Å². The van der Waals surface area contributed by atoms with Gasteiger partial charge in [0, 0.05) is 18.7 Å². The van der Waals surface area contributed by atoms with Crippen LogP contribution >= 0.6 is 0 Å². The lowest BCUT2D eigenvalue weighted by molar-refractivity contribution is -0.125. The molecule has 0 saturated carbocycles. The smallest absolute Gasteiger partial charge is 0.271 e. The van der Waals surface area contributed by atoms with Gasteiger partial charge in [0.2, 0.25) is 10.0 Å². The Morgan fingerprint density at radius 2 is 1.95 bits per heavy atom. The lowest BCUT2D eigenvalue weighted by atomic mass is 10.2. The molecule has 0 aromatic heterocycles. The van der Waals surface area contributed by atoms with Gasteiger partial charge in [-0.1, -0.05) is 23.8 Å². The number of carbonyl (C=O) groups excluding carboxylic acids is 1. The van der Waals surface area contributed by atoms with E-state index in [-0.39, 0.29) is 23.6 Å². The van der Waals surface area contributed by atoms with E-state index in [0.29, 0.717) is 0 Å². The average Bonchev–Trinajstić information content (AvgIpc) is 2.88. The third kappa shape index (κ3) is 2.67. The van der Waals surface area contributed by atoms with Crippen LogP contribution in [0.2, 0.25) is 0 Å². The van der Waals surface area contributed by atoms with E-state index in [1.165, 1.54) is 28.0 Å². The maximum absolute atomic E-state index is 12.3. The molecule has 7 heteroatoms. The van der Waals surface area contributed by atoms with Crippen molar-refractivity contribution in [3.8, 4) is 0 Å². The summed E-state index contributed by atoms with van der Waals surface area (Å²) >= 11 is 0. The Bertz CT molecular complexity index is 620. The molecular weight excluding hydrogens is 268 g/mol. The fourth-order valence-corrected chi connectivity index (χ4v) is 3.17. The highest BCUT2D eigenvalue weighted by Crippen LogP contribution is 2.21. The van der Waals surface area contributed by atoms with Gasteiger partial charge in [-0.05, 0) is 19.1 Å². The van der Waals surface area contributed by atoms with Gasteiger partial charge in [-0.25, -0.2) is 13.9 Å². The number of rotatable bonds is 3. The summed E-state index contributed by atoms with van der Waals surface area (Å²) in [6, 6.07) is 6.51. The van der Waals surface area contributed by atoms with Gasteiger partial charge < -0.3 is 0 Å². The second kappa shape index (κ2) is 5.12. The topological polar surface area (TPSA) is 86.7 Å². The van der Waals surface area contributed by atoms with Crippen LogP contribution in [0.15, 0.2) is 40.8 Å². The van der Waals surface area contributed by atoms with Crippen molar-refractivity contribution in [3.05, 3.63) is 41.5 Å². The minimum absolute atomic E-state index is 0.0391. The first-order valence-corrected chi connectivity index (χ1v) is 7.09. The van der Waals surface area contributed by atoms with E-state index in [2.05, 4.69) is 0 Å². The molecule has 0 radical (unpaired) electrons. The van der Waals surface area contributed by atoms with Gasteiger partial charge in [0.1, 0.15) is 0 Å². The molecule has 1 aliphatic heterocycles. The number of hydroxylamine groups is 1. The summed E-state index contributed by atoms with van der Waals surface area (Å²) < 4.78 is 25.8. The largest absolute Gasteiger partial charge is 0.288 e. The molecule has 1 aromatic carbocycles. The first-order valence-electron chi connectivity index (χ1n) is 5.65. The van der Waals surface area contributed by atoms with Crippen molar-refractivity contribution < 1.29 is 18.4 Å². The first kappa shape index (κ1) is 13.7. The fraction of sp³-hybridized carbons (Fsp3) is 0.250. The van der Waals surface area contributed by atoms with E-state index in [1.54, 1.807) is 12.1 Å². The van der Waals surface area contributed by atoms with Crippen LogP contribution in [-0.2, 0) is 14.8 Å². The maximum Gasteiger partial charge on any atom is 0.271 e. The van der Waals surface area contributed by atoms with Crippen molar-refractivity contribution >= 4 is 15.9 Å². The van der Waals surface area contributed by atoms with Gasteiger partial charge >= 0.3 is 0 Å². The standard InChI is InChI=1S/C12H14N2O4S/c1-9-2-4-11(5-3-9)19(17,18)14-7-6-10(8-14)12(15)13-16/h2-6,16H,7-8H2,1H3,(H,13,15). The molecule has 1 aliphatic rings. The summed E-state index contributed by atoms with van der Waals surface area (Å²) in [4.78, 5) is 11.4. The Morgan fingerprint density at radius 1 is 1.32 bits per heavy atom. The Kier molecular flexibility index (Phi) is 3.70. The fourth-order valence-electron chi connectivity index (χ4n) is 1.81. The number of hydrogen-bond acceptors (Lipinski definition) is 4. The van der Waals surface area contributed by atoms with Crippen molar-refractivity contribution in [3.63, 3.8) is 0 Å². The summed E-state index contributed by atoms with van der Waals surface area (Å²) in [7, 11) is -3.61. The first-order chi connectivity index (χ1) is 8.95.